The fourth-order valence-corrected chi connectivity index (χ4v) is 3.70. The third kappa shape index (κ3) is 6.12. The van der Waals surface area contributed by atoms with Crippen LogP contribution in [0.5, 0.6) is 0 Å². The molecule has 0 aliphatic carbocycles. The van der Waals surface area contributed by atoms with Crippen LogP contribution in [0.25, 0.3) is 0 Å². The van der Waals surface area contributed by atoms with Crippen molar-refractivity contribution in [1.29, 1.82) is 0 Å². The van der Waals surface area contributed by atoms with E-state index in [1.807, 2.05) is 6.92 Å². The number of hydrogen-bond donors (Lipinski definition) is 2. The number of halogens is 3. The Balaban J connectivity index is 0.000000383. The second kappa shape index (κ2) is 10.1. The van der Waals surface area contributed by atoms with Crippen LogP contribution < -0.4 is 5.32 Å². The molecule has 0 aromatic carbocycles. The number of carbonyl (C=O) groups is 2. The van der Waals surface area contributed by atoms with E-state index >= 15 is 0 Å². The number of rotatable bonds is 5. The molecule has 13 heteroatoms. The van der Waals surface area contributed by atoms with Crippen molar-refractivity contribution in [2.45, 2.75) is 31.5 Å². The second-order valence-electron chi connectivity index (χ2n) is 7.75. The standard InChI is InChI=1S/C18H22N6O2.C2HF3O2/c1-13-8-22-17(23-9-13)21-4-2-14-3-7-26-18(14)11-24(12-18)16(25)15-10-19-5-6-20-15;3-2(4,5)1(6)7/h5-6,8-10,14H,2-4,7,11-12H2,1H3,(H,21,22,23);(H,6,7). The molecular formula is C20H23F3N6O4. The maximum absolute atomic E-state index is 12.4. The van der Waals surface area contributed by atoms with Gasteiger partial charge < -0.3 is 20.1 Å². The number of nitrogens with one attached hydrogen (secondary N) is 1. The van der Waals surface area contributed by atoms with Gasteiger partial charge in [-0.25, -0.2) is 19.7 Å². The highest BCUT2D eigenvalue weighted by Gasteiger charge is 2.54. The first kappa shape index (κ1) is 24.3. The number of hydrogen-bond acceptors (Lipinski definition) is 8. The van der Waals surface area contributed by atoms with Crippen LogP contribution in [0.3, 0.4) is 0 Å². The maximum Gasteiger partial charge on any atom is 0.490 e. The molecule has 4 rings (SSSR count). The van der Waals surface area contributed by atoms with Crippen molar-refractivity contribution in [1.82, 2.24) is 24.8 Å². The molecule has 0 bridgehead atoms. The van der Waals surface area contributed by atoms with Crippen molar-refractivity contribution in [2.24, 2.45) is 5.92 Å². The first-order valence-electron chi connectivity index (χ1n) is 10.1. The minimum absolute atomic E-state index is 0.0795. The highest BCUT2D eigenvalue weighted by Crippen LogP contribution is 2.42. The topological polar surface area (TPSA) is 130 Å². The molecule has 0 radical (unpaired) electrons. The number of aliphatic carboxylic acids is 1. The number of aryl methyl sites for hydroxylation is 1. The Kier molecular flexibility index (Phi) is 7.41. The molecule has 1 atom stereocenters. The number of ether oxygens (including phenoxy) is 1. The molecule has 2 saturated heterocycles. The Morgan fingerprint density at radius 3 is 2.45 bits per heavy atom. The number of anilines is 1. The van der Waals surface area contributed by atoms with Crippen LogP contribution in [0, 0.1) is 12.8 Å². The Hall–Kier alpha value is -3.35. The zero-order valence-corrected chi connectivity index (χ0v) is 17.7. The number of carboxylic acids is 1. The molecule has 2 aliphatic rings. The lowest BCUT2D eigenvalue weighted by Gasteiger charge is -2.50. The number of carboxylic acid groups (broad SMARTS) is 1. The van der Waals surface area contributed by atoms with Crippen LogP contribution in [0.2, 0.25) is 0 Å². The number of carbonyl (C=O) groups excluding carboxylic acids is 1. The zero-order chi connectivity index (χ0) is 24.1. The van der Waals surface area contributed by atoms with Gasteiger partial charge in [0.2, 0.25) is 5.95 Å². The van der Waals surface area contributed by atoms with Gasteiger partial charge in [-0.3, -0.25) is 9.78 Å². The van der Waals surface area contributed by atoms with Gasteiger partial charge in [-0.15, -0.1) is 0 Å². The molecule has 4 heterocycles. The number of aromatic nitrogens is 4. The normalized spacial score (nSPS) is 18.8. The Labute approximate surface area is 187 Å². The van der Waals surface area contributed by atoms with E-state index in [0.29, 0.717) is 30.6 Å². The van der Waals surface area contributed by atoms with E-state index in [-0.39, 0.29) is 11.5 Å². The third-order valence-electron chi connectivity index (χ3n) is 5.39. The van der Waals surface area contributed by atoms with Crippen molar-refractivity contribution >= 4 is 17.8 Å². The molecule has 178 valence electrons. The molecule has 33 heavy (non-hydrogen) atoms. The summed E-state index contributed by atoms with van der Waals surface area (Å²) in [5, 5.41) is 10.4. The van der Waals surface area contributed by atoms with Crippen molar-refractivity contribution in [3.8, 4) is 0 Å². The van der Waals surface area contributed by atoms with Crippen molar-refractivity contribution in [3.63, 3.8) is 0 Å². The smallest absolute Gasteiger partial charge is 0.475 e. The Bertz CT molecular complexity index is 953. The quantitative estimate of drug-likeness (QED) is 0.676. The molecule has 2 aliphatic heterocycles. The van der Waals surface area contributed by atoms with Crippen LogP contribution in [0.15, 0.2) is 31.0 Å². The van der Waals surface area contributed by atoms with Gasteiger partial charge in [0.1, 0.15) is 11.3 Å². The van der Waals surface area contributed by atoms with Gasteiger partial charge in [0, 0.05) is 37.9 Å². The SMILES string of the molecule is Cc1cnc(NCCC2CCOC23CN(C(=O)c2cnccn2)C3)nc1.O=C(O)C(F)(F)F. The van der Waals surface area contributed by atoms with E-state index in [9.17, 15) is 18.0 Å². The fourth-order valence-electron chi connectivity index (χ4n) is 3.70. The van der Waals surface area contributed by atoms with Crippen molar-refractivity contribution in [3.05, 3.63) is 42.2 Å². The summed E-state index contributed by atoms with van der Waals surface area (Å²) in [6, 6.07) is 0. The largest absolute Gasteiger partial charge is 0.490 e. The molecule has 1 amide bonds. The fraction of sp³-hybridized carbons (Fsp3) is 0.500. The number of alkyl halides is 3. The summed E-state index contributed by atoms with van der Waals surface area (Å²) in [6.45, 7) is 4.74. The summed E-state index contributed by atoms with van der Waals surface area (Å²) >= 11 is 0. The van der Waals surface area contributed by atoms with Gasteiger partial charge in [0.25, 0.3) is 5.91 Å². The van der Waals surface area contributed by atoms with E-state index in [4.69, 9.17) is 14.6 Å². The average molecular weight is 468 g/mol. The molecular weight excluding hydrogens is 445 g/mol. The van der Waals surface area contributed by atoms with Crippen molar-refractivity contribution in [2.75, 3.05) is 31.6 Å². The summed E-state index contributed by atoms with van der Waals surface area (Å²) in [5.41, 5.74) is 1.21. The molecule has 1 spiro atoms. The first-order valence-corrected chi connectivity index (χ1v) is 10.1. The predicted octanol–water partition coefficient (Wildman–Crippen LogP) is 1.94. The molecule has 2 aromatic heterocycles. The van der Waals surface area contributed by atoms with Gasteiger partial charge in [0.05, 0.1) is 19.3 Å². The highest BCUT2D eigenvalue weighted by molar-refractivity contribution is 5.92. The minimum Gasteiger partial charge on any atom is -0.475 e. The molecule has 2 N–H and O–H groups in total. The number of amides is 1. The molecule has 2 fully saturated rings. The summed E-state index contributed by atoms with van der Waals surface area (Å²) in [4.78, 5) is 39.7. The summed E-state index contributed by atoms with van der Waals surface area (Å²) < 4.78 is 37.8. The monoisotopic (exact) mass is 468 g/mol. The van der Waals surface area contributed by atoms with E-state index in [2.05, 4.69) is 25.3 Å². The predicted molar refractivity (Wildman–Crippen MR) is 108 cm³/mol. The van der Waals surface area contributed by atoms with Crippen LogP contribution in [-0.4, -0.2) is 79.8 Å². The average Bonchev–Trinajstić information content (AvgIpc) is 3.18. The van der Waals surface area contributed by atoms with Crippen molar-refractivity contribution < 1.29 is 32.6 Å². The van der Waals surface area contributed by atoms with Crippen LogP contribution in [0.4, 0.5) is 19.1 Å². The summed E-state index contributed by atoms with van der Waals surface area (Å²) in [7, 11) is 0. The molecule has 10 nitrogen and oxygen atoms in total. The second-order valence-corrected chi connectivity index (χ2v) is 7.75. The van der Waals surface area contributed by atoms with Crippen LogP contribution in [0.1, 0.15) is 28.9 Å². The van der Waals surface area contributed by atoms with E-state index in [1.165, 1.54) is 12.4 Å². The van der Waals surface area contributed by atoms with Gasteiger partial charge >= 0.3 is 12.1 Å². The van der Waals surface area contributed by atoms with Gasteiger partial charge in [-0.2, -0.15) is 13.2 Å². The van der Waals surface area contributed by atoms with E-state index in [0.717, 1.165) is 31.6 Å². The Morgan fingerprint density at radius 1 is 1.21 bits per heavy atom. The maximum atomic E-state index is 12.4. The molecule has 0 saturated carbocycles. The lowest BCUT2D eigenvalue weighted by atomic mass is 9.79. The first-order chi connectivity index (χ1) is 15.6. The van der Waals surface area contributed by atoms with Crippen LogP contribution in [-0.2, 0) is 9.53 Å². The molecule has 1 unspecified atom stereocenters. The van der Waals surface area contributed by atoms with E-state index in [1.54, 1.807) is 23.5 Å². The Morgan fingerprint density at radius 2 is 1.88 bits per heavy atom. The number of nitrogens with zero attached hydrogens (tertiary/aromatic N) is 5. The zero-order valence-electron chi connectivity index (χ0n) is 17.7. The summed E-state index contributed by atoms with van der Waals surface area (Å²) in [6.07, 6.45) is 5.11. The van der Waals surface area contributed by atoms with E-state index < -0.39 is 12.1 Å². The van der Waals surface area contributed by atoms with Gasteiger partial charge in [-0.05, 0) is 31.2 Å². The third-order valence-corrected chi connectivity index (χ3v) is 5.39. The summed E-state index contributed by atoms with van der Waals surface area (Å²) in [5.74, 6) is -1.76. The lowest BCUT2D eigenvalue weighted by Crippen LogP contribution is -2.66. The minimum atomic E-state index is -5.08. The molecule has 2 aromatic rings. The number of likely N-dealkylation sites (tertiary alicyclic amines) is 1. The van der Waals surface area contributed by atoms with Crippen LogP contribution >= 0.6 is 0 Å². The highest BCUT2D eigenvalue weighted by atomic mass is 19.4. The van der Waals surface area contributed by atoms with Gasteiger partial charge in [0.15, 0.2) is 0 Å². The lowest BCUT2D eigenvalue weighted by molar-refractivity contribution is -0.192. The van der Waals surface area contributed by atoms with Gasteiger partial charge in [-0.1, -0.05) is 0 Å².